The molecular weight excluding hydrogens is 256 g/mol. The molecule has 1 aromatic carbocycles. The van der Waals surface area contributed by atoms with Crippen LogP contribution in [0.5, 0.6) is 0 Å². The third-order valence-corrected chi connectivity index (χ3v) is 3.66. The Kier molecular flexibility index (Phi) is 3.88. The molecule has 3 amide bonds. The number of nitrogens with one attached hydrogen (secondary N) is 1. The molecule has 0 bridgehead atoms. The minimum Gasteiger partial charge on any atom is -0.319 e. The summed E-state index contributed by atoms with van der Waals surface area (Å²) in [6.45, 7) is 3.44. The van der Waals surface area contributed by atoms with Crippen LogP contribution in [-0.4, -0.2) is 29.2 Å². The first-order valence-corrected chi connectivity index (χ1v) is 6.70. The van der Waals surface area contributed by atoms with Crippen molar-refractivity contribution in [2.45, 2.75) is 32.2 Å². The van der Waals surface area contributed by atoms with E-state index in [-0.39, 0.29) is 24.7 Å². The largest absolute Gasteiger partial charge is 0.325 e. The number of benzene rings is 1. The van der Waals surface area contributed by atoms with E-state index in [1.807, 2.05) is 37.3 Å². The number of hydrogen-bond donors (Lipinski definition) is 1. The van der Waals surface area contributed by atoms with Gasteiger partial charge < -0.3 is 5.32 Å². The molecule has 1 saturated heterocycles. The quantitative estimate of drug-likeness (QED) is 0.833. The third kappa shape index (κ3) is 2.31. The second kappa shape index (κ2) is 5.45. The Bertz CT molecular complexity index is 541. The van der Waals surface area contributed by atoms with E-state index in [4.69, 9.17) is 0 Å². The molecule has 5 nitrogen and oxygen atoms in total. The molecule has 1 unspecified atom stereocenters. The molecule has 1 N–H and O–H groups in total. The lowest BCUT2D eigenvalue weighted by Crippen LogP contribution is -2.43. The van der Waals surface area contributed by atoms with Crippen molar-refractivity contribution in [2.24, 2.45) is 0 Å². The van der Waals surface area contributed by atoms with Gasteiger partial charge in [-0.25, -0.2) is 4.79 Å². The molecule has 0 radical (unpaired) electrons. The highest BCUT2D eigenvalue weighted by molar-refractivity contribution is 6.07. The lowest BCUT2D eigenvalue weighted by Gasteiger charge is -2.25. The Balaban J connectivity index is 2.31. The van der Waals surface area contributed by atoms with Gasteiger partial charge in [-0.15, -0.1) is 0 Å². The molecule has 1 heterocycles. The van der Waals surface area contributed by atoms with Crippen LogP contribution in [0.4, 0.5) is 4.79 Å². The molecule has 0 aromatic heterocycles. The SMILES string of the molecule is CCC1(c2ccccc2)NC(=O)N(CCC(C)=O)C1=O. The number of carbonyl (C=O) groups is 3. The summed E-state index contributed by atoms with van der Waals surface area (Å²) >= 11 is 0. The minimum absolute atomic E-state index is 0.0423. The van der Waals surface area contributed by atoms with Crippen molar-refractivity contribution >= 4 is 17.7 Å². The van der Waals surface area contributed by atoms with Gasteiger partial charge >= 0.3 is 6.03 Å². The standard InChI is InChI=1S/C15H18N2O3/c1-3-15(12-7-5-4-6-8-12)13(19)17(14(20)16-15)10-9-11(2)18/h4-8H,3,9-10H2,1-2H3,(H,16,20). The van der Waals surface area contributed by atoms with Crippen LogP contribution in [0.1, 0.15) is 32.3 Å². The number of imide groups is 1. The average molecular weight is 274 g/mol. The Morgan fingerprint density at radius 3 is 2.45 bits per heavy atom. The number of nitrogens with zero attached hydrogens (tertiary/aromatic N) is 1. The molecule has 106 valence electrons. The fourth-order valence-electron chi connectivity index (χ4n) is 2.46. The number of rotatable bonds is 5. The van der Waals surface area contributed by atoms with Crippen LogP contribution in [0, 0.1) is 0 Å². The molecule has 1 aliphatic heterocycles. The molecule has 1 aliphatic rings. The van der Waals surface area contributed by atoms with E-state index >= 15 is 0 Å². The zero-order chi connectivity index (χ0) is 14.8. The molecule has 20 heavy (non-hydrogen) atoms. The topological polar surface area (TPSA) is 66.5 Å². The highest BCUT2D eigenvalue weighted by Gasteiger charge is 2.50. The van der Waals surface area contributed by atoms with Crippen molar-refractivity contribution in [3.05, 3.63) is 35.9 Å². The lowest BCUT2D eigenvalue weighted by molar-refractivity contribution is -0.132. The Labute approximate surface area is 118 Å². The Morgan fingerprint density at radius 2 is 1.90 bits per heavy atom. The molecule has 0 aliphatic carbocycles. The van der Waals surface area contributed by atoms with Crippen molar-refractivity contribution in [1.29, 1.82) is 0 Å². The molecule has 0 spiro atoms. The van der Waals surface area contributed by atoms with Crippen LogP contribution in [0.25, 0.3) is 0 Å². The van der Waals surface area contributed by atoms with Crippen molar-refractivity contribution in [3.63, 3.8) is 0 Å². The van der Waals surface area contributed by atoms with Gasteiger partial charge in [0, 0.05) is 13.0 Å². The van der Waals surface area contributed by atoms with E-state index < -0.39 is 11.6 Å². The first-order valence-electron chi connectivity index (χ1n) is 6.70. The van der Waals surface area contributed by atoms with Crippen molar-refractivity contribution in [2.75, 3.05) is 6.54 Å². The average Bonchev–Trinajstić information content (AvgIpc) is 2.69. The summed E-state index contributed by atoms with van der Waals surface area (Å²) in [5, 5.41) is 2.78. The van der Waals surface area contributed by atoms with Crippen LogP contribution in [0.3, 0.4) is 0 Å². The van der Waals surface area contributed by atoms with Crippen LogP contribution in [0.15, 0.2) is 30.3 Å². The van der Waals surface area contributed by atoms with Crippen molar-refractivity contribution < 1.29 is 14.4 Å². The van der Waals surface area contributed by atoms with Gasteiger partial charge in [0.2, 0.25) is 0 Å². The smallest absolute Gasteiger partial charge is 0.319 e. The summed E-state index contributed by atoms with van der Waals surface area (Å²) in [5.41, 5.74) is -0.235. The van der Waals surface area contributed by atoms with Gasteiger partial charge in [0.25, 0.3) is 5.91 Å². The number of carbonyl (C=O) groups excluding carboxylic acids is 3. The summed E-state index contributed by atoms with van der Waals surface area (Å²) < 4.78 is 0. The molecule has 5 heteroatoms. The second-order valence-electron chi connectivity index (χ2n) is 4.96. The van der Waals surface area contributed by atoms with Crippen LogP contribution < -0.4 is 5.32 Å². The van der Waals surface area contributed by atoms with Crippen LogP contribution in [-0.2, 0) is 15.1 Å². The zero-order valence-electron chi connectivity index (χ0n) is 11.7. The Morgan fingerprint density at radius 1 is 1.25 bits per heavy atom. The van der Waals surface area contributed by atoms with Gasteiger partial charge in [-0.1, -0.05) is 37.3 Å². The maximum atomic E-state index is 12.6. The summed E-state index contributed by atoms with van der Waals surface area (Å²) in [5.74, 6) is -0.322. The molecule has 2 rings (SSSR count). The maximum absolute atomic E-state index is 12.6. The molecule has 1 aromatic rings. The number of ketones is 1. The van der Waals surface area contributed by atoms with E-state index in [0.29, 0.717) is 6.42 Å². The summed E-state index contributed by atoms with van der Waals surface area (Å²) in [4.78, 5) is 36.8. The van der Waals surface area contributed by atoms with Gasteiger partial charge in [0.05, 0.1) is 0 Å². The van der Waals surface area contributed by atoms with E-state index in [1.165, 1.54) is 6.92 Å². The minimum atomic E-state index is -1.00. The highest BCUT2D eigenvalue weighted by atomic mass is 16.2. The highest BCUT2D eigenvalue weighted by Crippen LogP contribution is 2.32. The van der Waals surface area contributed by atoms with E-state index in [2.05, 4.69) is 5.32 Å². The monoisotopic (exact) mass is 274 g/mol. The first kappa shape index (κ1) is 14.2. The Hall–Kier alpha value is -2.17. The van der Waals surface area contributed by atoms with Crippen LogP contribution >= 0.6 is 0 Å². The molecule has 0 saturated carbocycles. The number of urea groups is 1. The van der Waals surface area contributed by atoms with Crippen molar-refractivity contribution in [1.82, 2.24) is 10.2 Å². The second-order valence-corrected chi connectivity index (χ2v) is 4.96. The number of Topliss-reactive ketones (excluding diaryl/α,β-unsaturated/α-hetero) is 1. The normalized spacial score (nSPS) is 22.0. The zero-order valence-corrected chi connectivity index (χ0v) is 11.7. The van der Waals surface area contributed by atoms with Gasteiger partial charge in [0.1, 0.15) is 11.3 Å². The van der Waals surface area contributed by atoms with Gasteiger partial charge in [-0.05, 0) is 18.9 Å². The van der Waals surface area contributed by atoms with Crippen molar-refractivity contribution in [3.8, 4) is 0 Å². The third-order valence-electron chi connectivity index (χ3n) is 3.66. The van der Waals surface area contributed by atoms with Crippen LogP contribution in [0.2, 0.25) is 0 Å². The number of hydrogen-bond acceptors (Lipinski definition) is 3. The first-order chi connectivity index (χ1) is 9.51. The fourth-order valence-corrected chi connectivity index (χ4v) is 2.46. The predicted octanol–water partition coefficient (Wildman–Crippen LogP) is 1.82. The summed E-state index contributed by atoms with van der Waals surface area (Å²) in [6, 6.07) is 8.77. The predicted molar refractivity (Wildman–Crippen MR) is 74.0 cm³/mol. The molecule has 1 atom stereocenters. The van der Waals surface area contributed by atoms with E-state index in [1.54, 1.807) is 0 Å². The van der Waals surface area contributed by atoms with Gasteiger partial charge in [0.15, 0.2) is 0 Å². The van der Waals surface area contributed by atoms with Gasteiger partial charge in [-0.3, -0.25) is 14.5 Å². The fraction of sp³-hybridized carbons (Fsp3) is 0.400. The lowest BCUT2D eigenvalue weighted by atomic mass is 9.87. The maximum Gasteiger partial charge on any atom is 0.325 e. The number of amides is 3. The summed E-state index contributed by atoms with van der Waals surface area (Å²) in [7, 11) is 0. The molecular formula is C15H18N2O3. The van der Waals surface area contributed by atoms with Gasteiger partial charge in [-0.2, -0.15) is 0 Å². The summed E-state index contributed by atoms with van der Waals surface area (Å²) in [6.07, 6.45) is 0.659. The van der Waals surface area contributed by atoms with E-state index in [0.717, 1.165) is 10.5 Å². The van der Waals surface area contributed by atoms with E-state index in [9.17, 15) is 14.4 Å². The molecule has 1 fully saturated rings.